The van der Waals surface area contributed by atoms with Crippen molar-refractivity contribution in [1.82, 2.24) is 5.32 Å². The van der Waals surface area contributed by atoms with Crippen LogP contribution in [0.4, 0.5) is 0 Å². The summed E-state index contributed by atoms with van der Waals surface area (Å²) in [5.74, 6) is 0. The van der Waals surface area contributed by atoms with Gasteiger partial charge in [0.15, 0.2) is 0 Å². The van der Waals surface area contributed by atoms with E-state index in [1.165, 1.54) is 36.1 Å². The maximum absolute atomic E-state index is 6.03. The van der Waals surface area contributed by atoms with Gasteiger partial charge >= 0.3 is 0 Å². The van der Waals surface area contributed by atoms with Gasteiger partial charge in [0.25, 0.3) is 0 Å². The number of benzene rings is 1. The minimum absolute atomic E-state index is 0.327. The van der Waals surface area contributed by atoms with Crippen LogP contribution in [0.25, 0.3) is 0 Å². The summed E-state index contributed by atoms with van der Waals surface area (Å²) in [6.45, 7) is 4.45. The predicted octanol–water partition coefficient (Wildman–Crippen LogP) is 5.69. The van der Waals surface area contributed by atoms with E-state index in [4.69, 9.17) is 11.6 Å². The molecule has 0 fully saturated rings. The Morgan fingerprint density at radius 3 is 2.48 bits per heavy atom. The lowest BCUT2D eigenvalue weighted by Crippen LogP contribution is -2.22. The third kappa shape index (κ3) is 3.50. The van der Waals surface area contributed by atoms with E-state index in [-0.39, 0.29) is 0 Å². The van der Waals surface area contributed by atoms with E-state index in [1.54, 1.807) is 22.5 Å². The van der Waals surface area contributed by atoms with E-state index >= 15 is 0 Å². The van der Waals surface area contributed by atoms with Gasteiger partial charge in [-0.2, -0.15) is 0 Å². The maximum Gasteiger partial charge on any atom is 0.0931 e. The van der Waals surface area contributed by atoms with Gasteiger partial charge in [0.2, 0.25) is 0 Å². The quantitative estimate of drug-likeness (QED) is 0.763. The molecule has 0 saturated carbocycles. The minimum atomic E-state index is 0.327. The van der Waals surface area contributed by atoms with Gasteiger partial charge in [-0.25, -0.2) is 0 Å². The van der Waals surface area contributed by atoms with E-state index < -0.39 is 0 Å². The summed E-state index contributed by atoms with van der Waals surface area (Å²) in [6.07, 6.45) is 5.17. The van der Waals surface area contributed by atoms with Gasteiger partial charge in [0.05, 0.1) is 4.34 Å². The first-order valence-corrected chi connectivity index (χ1v) is 8.96. The number of rotatable bonds is 4. The van der Waals surface area contributed by atoms with Crippen LogP contribution in [0.1, 0.15) is 60.3 Å². The summed E-state index contributed by atoms with van der Waals surface area (Å²) >= 11 is 7.69. The zero-order valence-corrected chi connectivity index (χ0v) is 14.2. The SMILES string of the molecule is CC(NC(C)c1ccc(Cl)s1)c1ccc2c(c1)CCCC2. The van der Waals surface area contributed by atoms with Gasteiger partial charge in [0, 0.05) is 17.0 Å². The molecule has 0 spiro atoms. The number of nitrogens with one attached hydrogen (secondary N) is 1. The fourth-order valence-corrected chi connectivity index (χ4v) is 4.21. The number of hydrogen-bond donors (Lipinski definition) is 1. The van der Waals surface area contributed by atoms with Gasteiger partial charge in [-0.3, -0.25) is 0 Å². The zero-order valence-electron chi connectivity index (χ0n) is 12.7. The van der Waals surface area contributed by atoms with Gasteiger partial charge in [-0.1, -0.05) is 29.8 Å². The molecule has 0 radical (unpaired) electrons. The van der Waals surface area contributed by atoms with E-state index in [2.05, 4.69) is 43.4 Å². The van der Waals surface area contributed by atoms with Crippen molar-refractivity contribution in [1.29, 1.82) is 0 Å². The summed E-state index contributed by atoms with van der Waals surface area (Å²) in [6, 6.07) is 11.8. The molecule has 0 aliphatic heterocycles. The normalized spacial score (nSPS) is 17.3. The average molecular weight is 320 g/mol. The lowest BCUT2D eigenvalue weighted by Gasteiger charge is -2.22. The van der Waals surface area contributed by atoms with Crippen molar-refractivity contribution in [2.75, 3.05) is 0 Å². The van der Waals surface area contributed by atoms with E-state index in [0.717, 1.165) is 4.34 Å². The fourth-order valence-electron chi connectivity index (χ4n) is 3.14. The van der Waals surface area contributed by atoms with Crippen molar-refractivity contribution in [2.45, 2.75) is 51.6 Å². The highest BCUT2D eigenvalue weighted by molar-refractivity contribution is 7.16. The van der Waals surface area contributed by atoms with Crippen LogP contribution >= 0.6 is 22.9 Å². The molecule has 1 aliphatic rings. The smallest absolute Gasteiger partial charge is 0.0931 e. The first kappa shape index (κ1) is 15.1. The Labute approximate surface area is 136 Å². The molecular weight excluding hydrogens is 298 g/mol. The van der Waals surface area contributed by atoms with E-state index in [0.29, 0.717) is 12.1 Å². The Morgan fingerprint density at radius 2 is 1.76 bits per heavy atom. The summed E-state index contributed by atoms with van der Waals surface area (Å²) in [4.78, 5) is 1.30. The summed E-state index contributed by atoms with van der Waals surface area (Å²) in [5, 5.41) is 3.68. The largest absolute Gasteiger partial charge is 0.303 e. The molecule has 2 atom stereocenters. The molecular formula is C18H22ClNS. The summed E-state index contributed by atoms with van der Waals surface area (Å²) < 4.78 is 0.861. The Bertz CT molecular complexity index is 619. The Balaban J connectivity index is 1.71. The third-order valence-electron chi connectivity index (χ3n) is 4.39. The minimum Gasteiger partial charge on any atom is -0.303 e. The van der Waals surface area contributed by atoms with Crippen molar-refractivity contribution >= 4 is 22.9 Å². The lowest BCUT2D eigenvalue weighted by atomic mass is 9.89. The third-order valence-corrected chi connectivity index (χ3v) is 5.81. The molecule has 112 valence electrons. The van der Waals surface area contributed by atoms with Crippen LogP contribution in [0.5, 0.6) is 0 Å². The molecule has 1 aliphatic carbocycles. The number of aryl methyl sites for hydroxylation is 2. The van der Waals surface area contributed by atoms with Gasteiger partial charge in [-0.15, -0.1) is 11.3 Å². The summed E-state index contributed by atoms with van der Waals surface area (Å²) in [7, 11) is 0. The van der Waals surface area contributed by atoms with E-state index in [9.17, 15) is 0 Å². The van der Waals surface area contributed by atoms with Crippen LogP contribution in [-0.4, -0.2) is 0 Å². The average Bonchev–Trinajstić information content (AvgIpc) is 2.93. The number of hydrogen-bond acceptors (Lipinski definition) is 2. The molecule has 2 unspecified atom stereocenters. The molecule has 1 N–H and O–H groups in total. The topological polar surface area (TPSA) is 12.0 Å². The van der Waals surface area contributed by atoms with Gasteiger partial charge in [0.1, 0.15) is 0 Å². The van der Waals surface area contributed by atoms with Crippen LogP contribution in [0.2, 0.25) is 4.34 Å². The Morgan fingerprint density at radius 1 is 1.00 bits per heavy atom. The Hall–Kier alpha value is -0.830. The van der Waals surface area contributed by atoms with Gasteiger partial charge < -0.3 is 5.32 Å². The molecule has 3 rings (SSSR count). The highest BCUT2D eigenvalue weighted by Crippen LogP contribution is 2.29. The van der Waals surface area contributed by atoms with Gasteiger partial charge in [-0.05, 0) is 68.4 Å². The van der Waals surface area contributed by atoms with Crippen molar-refractivity contribution < 1.29 is 0 Å². The predicted molar refractivity (Wildman–Crippen MR) is 92.4 cm³/mol. The standard InChI is InChI=1S/C18H22ClNS/c1-12(20-13(2)17-9-10-18(19)21-17)15-8-7-14-5-3-4-6-16(14)11-15/h7-13,20H,3-6H2,1-2H3. The molecule has 0 bridgehead atoms. The second-order valence-electron chi connectivity index (χ2n) is 5.99. The second kappa shape index (κ2) is 6.51. The highest BCUT2D eigenvalue weighted by atomic mass is 35.5. The molecule has 3 heteroatoms. The monoisotopic (exact) mass is 319 g/mol. The molecule has 1 heterocycles. The Kier molecular flexibility index (Phi) is 4.68. The molecule has 0 saturated heterocycles. The van der Waals surface area contributed by atoms with Crippen molar-refractivity contribution in [3.8, 4) is 0 Å². The van der Waals surface area contributed by atoms with Crippen LogP contribution in [-0.2, 0) is 12.8 Å². The van der Waals surface area contributed by atoms with Crippen molar-refractivity contribution in [2.24, 2.45) is 0 Å². The number of thiophene rings is 1. The number of halogens is 1. The molecule has 0 amide bonds. The lowest BCUT2D eigenvalue weighted by molar-refractivity contribution is 0.499. The fraction of sp³-hybridized carbons (Fsp3) is 0.444. The second-order valence-corrected chi connectivity index (χ2v) is 7.73. The molecule has 1 aromatic heterocycles. The van der Waals surface area contributed by atoms with Crippen LogP contribution in [0.3, 0.4) is 0 Å². The summed E-state index contributed by atoms with van der Waals surface area (Å²) in [5.41, 5.74) is 4.50. The first-order chi connectivity index (χ1) is 10.1. The highest BCUT2D eigenvalue weighted by Gasteiger charge is 2.15. The van der Waals surface area contributed by atoms with E-state index in [1.807, 2.05) is 6.07 Å². The van der Waals surface area contributed by atoms with Crippen LogP contribution in [0, 0.1) is 0 Å². The van der Waals surface area contributed by atoms with Crippen LogP contribution in [0.15, 0.2) is 30.3 Å². The van der Waals surface area contributed by atoms with Crippen molar-refractivity contribution in [3.63, 3.8) is 0 Å². The zero-order chi connectivity index (χ0) is 14.8. The maximum atomic E-state index is 6.03. The van der Waals surface area contributed by atoms with Crippen LogP contribution < -0.4 is 5.32 Å². The molecule has 1 aromatic carbocycles. The molecule has 1 nitrogen and oxygen atoms in total. The molecule has 2 aromatic rings. The number of fused-ring (bicyclic) bond motifs is 1. The first-order valence-electron chi connectivity index (χ1n) is 7.76. The molecule has 21 heavy (non-hydrogen) atoms. The van der Waals surface area contributed by atoms with Crippen molar-refractivity contribution in [3.05, 3.63) is 56.2 Å².